The van der Waals surface area contributed by atoms with E-state index >= 15 is 0 Å². The summed E-state index contributed by atoms with van der Waals surface area (Å²) in [5.41, 5.74) is 13.5. The highest BCUT2D eigenvalue weighted by Gasteiger charge is 2.21. The maximum absolute atomic E-state index is 6.42. The Labute approximate surface area is 293 Å². The van der Waals surface area contributed by atoms with Gasteiger partial charge in [0.2, 0.25) is 0 Å². The SMILES string of the molecule is c1ccc(-c2ccc3c4c(ccc5c6ccccc6n(-c6ccccc6)c54)n(-c4ccc(-c5cccc6c5oc5ccccc56)cc4)c3c2)cc1. The van der Waals surface area contributed by atoms with Gasteiger partial charge < -0.3 is 13.6 Å². The number of hydrogen-bond acceptors (Lipinski definition) is 1. The number of furan rings is 1. The number of fused-ring (bicyclic) bond motifs is 10. The van der Waals surface area contributed by atoms with E-state index in [9.17, 15) is 0 Å². The Hall–Kier alpha value is -6.84. The highest BCUT2D eigenvalue weighted by molar-refractivity contribution is 6.26. The van der Waals surface area contributed by atoms with Crippen molar-refractivity contribution in [3.63, 3.8) is 0 Å². The molecule has 0 spiro atoms. The highest BCUT2D eigenvalue weighted by Crippen LogP contribution is 2.43. The van der Waals surface area contributed by atoms with Gasteiger partial charge in [0.1, 0.15) is 11.2 Å². The van der Waals surface area contributed by atoms with Crippen molar-refractivity contribution in [1.29, 1.82) is 0 Å². The minimum atomic E-state index is 0.912. The van der Waals surface area contributed by atoms with E-state index in [2.05, 4.69) is 179 Å². The Morgan fingerprint density at radius 1 is 0.353 bits per heavy atom. The van der Waals surface area contributed by atoms with Gasteiger partial charge in [-0.15, -0.1) is 0 Å². The average Bonchev–Trinajstić information content (AvgIpc) is 3.86. The second kappa shape index (κ2) is 10.8. The van der Waals surface area contributed by atoms with Gasteiger partial charge in [-0.2, -0.15) is 0 Å². The second-order valence-corrected chi connectivity index (χ2v) is 13.3. The molecule has 0 bridgehead atoms. The first-order valence-electron chi connectivity index (χ1n) is 17.4. The van der Waals surface area contributed by atoms with E-state index in [1.54, 1.807) is 0 Å². The summed E-state index contributed by atoms with van der Waals surface area (Å²) < 4.78 is 11.3. The number of nitrogens with zero attached hydrogens (tertiary/aromatic N) is 2. The molecule has 238 valence electrons. The fourth-order valence-electron chi connectivity index (χ4n) is 8.25. The fraction of sp³-hybridized carbons (Fsp3) is 0. The standard InChI is InChI=1S/C48H30N2O/c1-3-12-31(13-4-1)33-24-27-41-44(30-33)49(35-25-22-32(23-26-35)36-18-11-19-40-38-17-8-10-21-45(38)51-48(36)40)43-29-28-39-37-16-7-9-20-42(37)50(47(39)46(41)43)34-14-5-2-6-15-34/h1-30H. The molecule has 0 N–H and O–H groups in total. The van der Waals surface area contributed by atoms with Gasteiger partial charge in [-0.3, -0.25) is 0 Å². The normalized spacial score (nSPS) is 11.9. The van der Waals surface area contributed by atoms with E-state index in [4.69, 9.17) is 4.42 Å². The van der Waals surface area contributed by atoms with Crippen LogP contribution >= 0.6 is 0 Å². The highest BCUT2D eigenvalue weighted by atomic mass is 16.3. The fourth-order valence-corrected chi connectivity index (χ4v) is 8.25. The zero-order valence-electron chi connectivity index (χ0n) is 27.6. The summed E-state index contributed by atoms with van der Waals surface area (Å²) in [6, 6.07) is 65.4. The zero-order valence-corrected chi connectivity index (χ0v) is 27.6. The molecule has 3 heterocycles. The molecule has 0 amide bonds. The van der Waals surface area contributed by atoms with Crippen LogP contribution in [0.4, 0.5) is 0 Å². The van der Waals surface area contributed by atoms with Gasteiger partial charge in [0.05, 0.1) is 22.1 Å². The maximum Gasteiger partial charge on any atom is 0.143 e. The molecule has 0 unspecified atom stereocenters. The van der Waals surface area contributed by atoms with Gasteiger partial charge in [-0.25, -0.2) is 0 Å². The predicted molar refractivity (Wildman–Crippen MR) is 213 cm³/mol. The van der Waals surface area contributed by atoms with Crippen LogP contribution in [0.3, 0.4) is 0 Å². The quantitative estimate of drug-likeness (QED) is 0.186. The molecule has 0 aliphatic carbocycles. The van der Waals surface area contributed by atoms with Crippen molar-refractivity contribution in [2.45, 2.75) is 0 Å². The summed E-state index contributed by atoms with van der Waals surface area (Å²) in [7, 11) is 0. The van der Waals surface area contributed by atoms with Crippen molar-refractivity contribution in [1.82, 2.24) is 9.13 Å². The number of aromatic nitrogens is 2. The van der Waals surface area contributed by atoms with Crippen LogP contribution in [0.2, 0.25) is 0 Å². The maximum atomic E-state index is 6.42. The van der Waals surface area contributed by atoms with Crippen LogP contribution in [0.5, 0.6) is 0 Å². The number of benzene rings is 8. The summed E-state index contributed by atoms with van der Waals surface area (Å²) in [5, 5.41) is 7.27. The second-order valence-electron chi connectivity index (χ2n) is 13.3. The number of rotatable bonds is 4. The van der Waals surface area contributed by atoms with E-state index in [1.165, 1.54) is 54.7 Å². The van der Waals surface area contributed by atoms with Crippen LogP contribution in [-0.2, 0) is 0 Å². The zero-order chi connectivity index (χ0) is 33.5. The lowest BCUT2D eigenvalue weighted by molar-refractivity contribution is 0.670. The van der Waals surface area contributed by atoms with Crippen molar-refractivity contribution in [3.05, 3.63) is 182 Å². The summed E-state index contributed by atoms with van der Waals surface area (Å²) in [5.74, 6) is 0. The first-order valence-corrected chi connectivity index (χ1v) is 17.4. The van der Waals surface area contributed by atoms with Crippen molar-refractivity contribution in [2.24, 2.45) is 0 Å². The lowest BCUT2D eigenvalue weighted by atomic mass is 10.0. The van der Waals surface area contributed by atoms with Gasteiger partial charge in [0, 0.05) is 49.3 Å². The Morgan fingerprint density at radius 3 is 1.86 bits per heavy atom. The van der Waals surface area contributed by atoms with Crippen LogP contribution in [0.1, 0.15) is 0 Å². The molecule has 0 atom stereocenters. The van der Waals surface area contributed by atoms with Crippen molar-refractivity contribution in [3.8, 4) is 33.6 Å². The molecule has 3 nitrogen and oxygen atoms in total. The van der Waals surface area contributed by atoms with Crippen LogP contribution < -0.4 is 0 Å². The van der Waals surface area contributed by atoms with Crippen LogP contribution in [0.15, 0.2) is 186 Å². The van der Waals surface area contributed by atoms with Gasteiger partial charge in [0.15, 0.2) is 0 Å². The first kappa shape index (κ1) is 28.0. The lowest BCUT2D eigenvalue weighted by Crippen LogP contribution is -1.95. The smallest absolute Gasteiger partial charge is 0.143 e. The van der Waals surface area contributed by atoms with E-state index in [-0.39, 0.29) is 0 Å². The third-order valence-corrected chi connectivity index (χ3v) is 10.5. The minimum absolute atomic E-state index is 0.912. The molecular weight excluding hydrogens is 621 g/mol. The molecule has 0 aliphatic rings. The van der Waals surface area contributed by atoms with Crippen LogP contribution in [0.25, 0.3) is 99.2 Å². The van der Waals surface area contributed by atoms with E-state index in [0.717, 1.165) is 44.4 Å². The summed E-state index contributed by atoms with van der Waals surface area (Å²) >= 11 is 0. The third-order valence-electron chi connectivity index (χ3n) is 10.5. The molecule has 0 saturated carbocycles. The van der Waals surface area contributed by atoms with Crippen LogP contribution in [0, 0.1) is 0 Å². The summed E-state index contributed by atoms with van der Waals surface area (Å²) in [6.45, 7) is 0. The molecule has 8 aromatic carbocycles. The predicted octanol–water partition coefficient (Wildman–Crippen LogP) is 13.1. The van der Waals surface area contributed by atoms with E-state index < -0.39 is 0 Å². The van der Waals surface area contributed by atoms with Crippen LogP contribution in [-0.4, -0.2) is 9.13 Å². The molecule has 3 heteroatoms. The lowest BCUT2D eigenvalue weighted by Gasteiger charge is -2.11. The molecule has 0 saturated heterocycles. The number of hydrogen-bond donors (Lipinski definition) is 0. The van der Waals surface area contributed by atoms with E-state index in [0.29, 0.717) is 0 Å². The van der Waals surface area contributed by atoms with Gasteiger partial charge >= 0.3 is 0 Å². The van der Waals surface area contributed by atoms with Crippen molar-refractivity contribution >= 4 is 65.6 Å². The number of para-hydroxylation sites is 4. The van der Waals surface area contributed by atoms with Crippen molar-refractivity contribution < 1.29 is 4.42 Å². The Kier molecular flexibility index (Phi) is 5.96. The van der Waals surface area contributed by atoms with Gasteiger partial charge in [0.25, 0.3) is 0 Å². The molecule has 11 rings (SSSR count). The molecule has 51 heavy (non-hydrogen) atoms. The van der Waals surface area contributed by atoms with Gasteiger partial charge in [-0.05, 0) is 65.2 Å². The third kappa shape index (κ3) is 4.12. The Morgan fingerprint density at radius 2 is 1.02 bits per heavy atom. The molecule has 0 radical (unpaired) electrons. The summed E-state index contributed by atoms with van der Waals surface area (Å²) in [6.07, 6.45) is 0. The van der Waals surface area contributed by atoms with Crippen molar-refractivity contribution in [2.75, 3.05) is 0 Å². The average molecular weight is 651 g/mol. The Bertz CT molecular complexity index is 3110. The largest absolute Gasteiger partial charge is 0.455 e. The molecule has 0 aliphatic heterocycles. The summed E-state index contributed by atoms with van der Waals surface area (Å²) in [4.78, 5) is 0. The topological polar surface area (TPSA) is 23.0 Å². The Balaban J connectivity index is 1.20. The molecule has 11 aromatic rings. The monoisotopic (exact) mass is 650 g/mol. The van der Waals surface area contributed by atoms with Gasteiger partial charge in [-0.1, -0.05) is 133 Å². The molecule has 3 aromatic heterocycles. The molecule has 0 fully saturated rings. The molecular formula is C48H30N2O. The van der Waals surface area contributed by atoms with E-state index in [1.807, 2.05) is 12.1 Å². The minimum Gasteiger partial charge on any atom is -0.455 e. The first-order chi connectivity index (χ1) is 25.3.